The lowest BCUT2D eigenvalue weighted by molar-refractivity contribution is -0.274. The maximum atomic E-state index is 12.0. The number of carbonyl (C=O) groups excluding carboxylic acids is 1. The zero-order valence-electron chi connectivity index (χ0n) is 9.68. The van der Waals surface area contributed by atoms with Gasteiger partial charge < -0.3 is 4.74 Å². The van der Waals surface area contributed by atoms with Crippen LogP contribution in [0.4, 0.5) is 13.2 Å². The van der Waals surface area contributed by atoms with Crippen molar-refractivity contribution in [2.24, 2.45) is 0 Å². The van der Waals surface area contributed by atoms with Gasteiger partial charge in [0.15, 0.2) is 5.12 Å². The Hall–Kier alpha value is -1.13. The lowest BCUT2D eigenvalue weighted by Crippen LogP contribution is -2.17. The first-order chi connectivity index (χ1) is 8.78. The fourth-order valence-corrected chi connectivity index (χ4v) is 1.87. The van der Waals surface area contributed by atoms with Crippen LogP contribution in [0.5, 0.6) is 5.75 Å². The second-order valence-corrected chi connectivity index (χ2v) is 5.28. The van der Waals surface area contributed by atoms with Crippen molar-refractivity contribution in [3.8, 4) is 17.6 Å². The van der Waals surface area contributed by atoms with E-state index in [0.717, 1.165) is 11.8 Å². The summed E-state index contributed by atoms with van der Waals surface area (Å²) >= 11 is 4.18. The highest BCUT2D eigenvalue weighted by atomic mass is 79.9. The second kappa shape index (κ2) is 6.87. The Morgan fingerprint density at radius 1 is 1.47 bits per heavy atom. The minimum Gasteiger partial charge on any atom is -0.406 e. The van der Waals surface area contributed by atoms with E-state index < -0.39 is 6.36 Å². The number of alkyl halides is 3. The highest BCUT2D eigenvalue weighted by Crippen LogP contribution is 2.27. The van der Waals surface area contributed by atoms with Crippen LogP contribution in [0.3, 0.4) is 0 Å². The van der Waals surface area contributed by atoms with E-state index in [0.29, 0.717) is 15.8 Å². The van der Waals surface area contributed by atoms with Crippen LogP contribution in [0.2, 0.25) is 0 Å². The molecule has 1 aromatic rings. The molecule has 0 aliphatic rings. The molecule has 1 rings (SSSR count). The molecule has 102 valence electrons. The fraction of sp³-hybridized carbons (Fsp3) is 0.250. The van der Waals surface area contributed by atoms with Crippen LogP contribution in [-0.4, -0.2) is 17.2 Å². The van der Waals surface area contributed by atoms with Gasteiger partial charge in [-0.3, -0.25) is 4.79 Å². The van der Waals surface area contributed by atoms with E-state index in [2.05, 4.69) is 32.5 Å². The van der Waals surface area contributed by atoms with Crippen LogP contribution >= 0.6 is 27.7 Å². The quantitative estimate of drug-likeness (QED) is 0.753. The van der Waals surface area contributed by atoms with E-state index >= 15 is 0 Å². The molecular weight excluding hydrogens is 345 g/mol. The van der Waals surface area contributed by atoms with Crippen molar-refractivity contribution in [3.05, 3.63) is 28.2 Å². The summed E-state index contributed by atoms with van der Waals surface area (Å²) in [5.41, 5.74) is 0.527. The van der Waals surface area contributed by atoms with Gasteiger partial charge in [0.1, 0.15) is 5.75 Å². The first-order valence-corrected chi connectivity index (χ1v) is 6.73. The van der Waals surface area contributed by atoms with Gasteiger partial charge in [0, 0.05) is 17.0 Å². The van der Waals surface area contributed by atoms with E-state index in [1.807, 2.05) is 0 Å². The Bertz CT molecular complexity index is 532. The average molecular weight is 353 g/mol. The Kier molecular flexibility index (Phi) is 5.76. The van der Waals surface area contributed by atoms with Crippen LogP contribution in [-0.2, 0) is 4.79 Å². The maximum absolute atomic E-state index is 12.0. The number of hydrogen-bond acceptors (Lipinski definition) is 3. The molecular formula is C12H8BrF3O2S. The summed E-state index contributed by atoms with van der Waals surface area (Å²) in [6.07, 6.45) is -4.72. The summed E-state index contributed by atoms with van der Waals surface area (Å²) in [6.45, 7) is 1.44. The number of halogens is 4. The third kappa shape index (κ3) is 6.55. The molecule has 19 heavy (non-hydrogen) atoms. The van der Waals surface area contributed by atoms with Gasteiger partial charge >= 0.3 is 6.36 Å². The first kappa shape index (κ1) is 15.9. The van der Waals surface area contributed by atoms with Crippen molar-refractivity contribution in [1.29, 1.82) is 0 Å². The molecule has 1 aromatic carbocycles. The van der Waals surface area contributed by atoms with Gasteiger partial charge in [-0.1, -0.05) is 23.6 Å². The molecule has 0 saturated carbocycles. The SMILES string of the molecule is CC(=O)SCC#Cc1ccc(OC(F)(F)F)cc1Br. The molecule has 0 N–H and O–H groups in total. The number of thioether (sulfide) groups is 1. The normalized spacial score (nSPS) is 10.6. The highest BCUT2D eigenvalue weighted by Gasteiger charge is 2.31. The summed E-state index contributed by atoms with van der Waals surface area (Å²) in [4.78, 5) is 10.7. The molecule has 0 unspecified atom stereocenters. The number of rotatable bonds is 2. The van der Waals surface area contributed by atoms with Gasteiger partial charge in [-0.05, 0) is 34.1 Å². The van der Waals surface area contributed by atoms with Crippen molar-refractivity contribution < 1.29 is 22.7 Å². The van der Waals surface area contributed by atoms with Gasteiger partial charge in [0.05, 0.1) is 5.75 Å². The number of carbonyl (C=O) groups is 1. The summed E-state index contributed by atoms with van der Waals surface area (Å²) in [5.74, 6) is 5.51. The van der Waals surface area contributed by atoms with Gasteiger partial charge in [0.2, 0.25) is 0 Å². The van der Waals surface area contributed by atoms with E-state index in [1.165, 1.54) is 25.1 Å². The van der Waals surface area contributed by atoms with Crippen molar-refractivity contribution in [1.82, 2.24) is 0 Å². The molecule has 2 nitrogen and oxygen atoms in total. The van der Waals surface area contributed by atoms with Crippen LogP contribution in [0.1, 0.15) is 12.5 Å². The predicted octanol–water partition coefficient (Wildman–Crippen LogP) is 3.98. The second-order valence-electron chi connectivity index (χ2n) is 3.27. The fourth-order valence-electron chi connectivity index (χ4n) is 1.06. The summed E-state index contributed by atoms with van der Waals surface area (Å²) < 4.78 is 40.2. The molecule has 0 atom stereocenters. The summed E-state index contributed by atoms with van der Waals surface area (Å²) in [7, 11) is 0. The van der Waals surface area contributed by atoms with Gasteiger partial charge in [-0.2, -0.15) is 0 Å². The summed E-state index contributed by atoms with van der Waals surface area (Å²) in [6, 6.07) is 3.78. The monoisotopic (exact) mass is 352 g/mol. The summed E-state index contributed by atoms with van der Waals surface area (Å²) in [5, 5.41) is -0.0395. The molecule has 0 aliphatic heterocycles. The van der Waals surface area contributed by atoms with E-state index in [9.17, 15) is 18.0 Å². The maximum Gasteiger partial charge on any atom is 0.573 e. The molecule has 0 radical (unpaired) electrons. The Balaban J connectivity index is 2.75. The molecule has 0 aliphatic carbocycles. The Labute approximate surface area is 120 Å². The molecule has 0 fully saturated rings. The van der Waals surface area contributed by atoms with Crippen LogP contribution in [0.15, 0.2) is 22.7 Å². The van der Waals surface area contributed by atoms with Crippen LogP contribution in [0.25, 0.3) is 0 Å². The smallest absolute Gasteiger partial charge is 0.406 e. The molecule has 0 heterocycles. The van der Waals surface area contributed by atoms with Crippen LogP contribution < -0.4 is 4.74 Å². The largest absolute Gasteiger partial charge is 0.573 e. The number of hydrogen-bond donors (Lipinski definition) is 0. The molecule has 0 bridgehead atoms. The van der Waals surface area contributed by atoms with Gasteiger partial charge in [-0.25, -0.2) is 0 Å². The molecule has 0 aromatic heterocycles. The minimum absolute atomic E-state index is 0.0395. The molecule has 7 heteroatoms. The zero-order valence-corrected chi connectivity index (χ0v) is 12.1. The van der Waals surface area contributed by atoms with Crippen molar-refractivity contribution in [2.75, 3.05) is 5.75 Å². The lowest BCUT2D eigenvalue weighted by atomic mass is 10.2. The van der Waals surface area contributed by atoms with Crippen molar-refractivity contribution in [2.45, 2.75) is 13.3 Å². The van der Waals surface area contributed by atoms with Crippen molar-refractivity contribution >= 4 is 32.8 Å². The average Bonchev–Trinajstić information content (AvgIpc) is 2.24. The zero-order chi connectivity index (χ0) is 14.5. The third-order valence-corrected chi connectivity index (χ3v) is 3.10. The van der Waals surface area contributed by atoms with E-state index in [-0.39, 0.29) is 10.9 Å². The van der Waals surface area contributed by atoms with E-state index in [4.69, 9.17) is 0 Å². The number of ether oxygens (including phenoxy) is 1. The number of benzene rings is 1. The standard InChI is InChI=1S/C12H8BrF3O2S/c1-8(17)19-6-2-3-9-4-5-10(7-11(9)13)18-12(14,15)16/h4-5,7H,6H2,1H3. The topological polar surface area (TPSA) is 26.3 Å². The Morgan fingerprint density at radius 3 is 2.68 bits per heavy atom. The third-order valence-electron chi connectivity index (χ3n) is 1.74. The highest BCUT2D eigenvalue weighted by molar-refractivity contribution is 9.10. The molecule has 0 spiro atoms. The van der Waals surface area contributed by atoms with E-state index in [1.54, 1.807) is 0 Å². The van der Waals surface area contributed by atoms with Crippen LogP contribution in [0, 0.1) is 11.8 Å². The molecule has 0 saturated heterocycles. The first-order valence-electron chi connectivity index (χ1n) is 4.95. The molecule has 0 amide bonds. The lowest BCUT2D eigenvalue weighted by Gasteiger charge is -2.09. The van der Waals surface area contributed by atoms with Gasteiger partial charge in [-0.15, -0.1) is 13.2 Å². The van der Waals surface area contributed by atoms with Crippen molar-refractivity contribution in [3.63, 3.8) is 0 Å². The minimum atomic E-state index is -4.72. The predicted molar refractivity (Wildman–Crippen MR) is 70.8 cm³/mol. The van der Waals surface area contributed by atoms with Gasteiger partial charge in [0.25, 0.3) is 0 Å². The Morgan fingerprint density at radius 2 is 2.16 bits per heavy atom.